The summed E-state index contributed by atoms with van der Waals surface area (Å²) in [5, 5.41) is 8.48. The molecule has 4 aromatic rings. The van der Waals surface area contributed by atoms with Crippen molar-refractivity contribution in [2.45, 2.75) is 20.3 Å². The third-order valence-electron chi connectivity index (χ3n) is 4.01. The molecule has 0 aliphatic heterocycles. The van der Waals surface area contributed by atoms with E-state index in [9.17, 15) is 4.39 Å². The molecule has 5 nitrogen and oxygen atoms in total. The smallest absolute Gasteiger partial charge is 0.182 e. The fraction of sp³-hybridized carbons (Fsp3) is 0.211. The molecule has 0 unspecified atom stereocenters. The first-order valence-corrected chi connectivity index (χ1v) is 8.15. The molecular formula is C19H17FN4O. The van der Waals surface area contributed by atoms with Crippen LogP contribution in [0.4, 0.5) is 4.39 Å². The molecule has 0 saturated carbocycles. The first kappa shape index (κ1) is 15.5. The summed E-state index contributed by atoms with van der Waals surface area (Å²) in [6, 6.07) is 10.0. The topological polar surface area (TPSA) is 56.2 Å². The van der Waals surface area contributed by atoms with Crippen LogP contribution in [0.3, 0.4) is 0 Å². The molecule has 0 atom stereocenters. The number of rotatable bonds is 4. The van der Waals surface area contributed by atoms with Gasteiger partial charge in [0, 0.05) is 23.7 Å². The van der Waals surface area contributed by atoms with Crippen molar-refractivity contribution in [3.8, 4) is 22.6 Å². The summed E-state index contributed by atoms with van der Waals surface area (Å²) in [4.78, 5) is 4.30. The number of nitrogens with zero attached hydrogens (tertiary/aromatic N) is 4. The van der Waals surface area contributed by atoms with Gasteiger partial charge in [-0.15, -0.1) is 10.2 Å². The first-order valence-electron chi connectivity index (χ1n) is 8.15. The van der Waals surface area contributed by atoms with E-state index in [1.807, 2.05) is 22.7 Å². The maximum atomic E-state index is 13.2. The van der Waals surface area contributed by atoms with Gasteiger partial charge in [0.2, 0.25) is 0 Å². The Morgan fingerprint density at radius 1 is 1.04 bits per heavy atom. The average molecular weight is 336 g/mol. The van der Waals surface area contributed by atoms with Gasteiger partial charge in [-0.25, -0.2) is 9.37 Å². The second-order valence-electron chi connectivity index (χ2n) is 6.40. The lowest BCUT2D eigenvalue weighted by Crippen LogP contribution is -2.00. The highest BCUT2D eigenvalue weighted by Crippen LogP contribution is 2.31. The van der Waals surface area contributed by atoms with Gasteiger partial charge in [0.05, 0.1) is 0 Å². The first-order chi connectivity index (χ1) is 12.1. The third kappa shape index (κ3) is 2.91. The van der Waals surface area contributed by atoms with Crippen molar-refractivity contribution in [1.82, 2.24) is 19.6 Å². The predicted molar refractivity (Wildman–Crippen MR) is 92.4 cm³/mol. The molecular weight excluding hydrogens is 319 g/mol. The summed E-state index contributed by atoms with van der Waals surface area (Å²) in [6.45, 7) is 4.29. The van der Waals surface area contributed by atoms with E-state index in [1.165, 1.54) is 18.5 Å². The Bertz CT molecular complexity index is 1020. The number of aromatic nitrogens is 4. The van der Waals surface area contributed by atoms with Crippen molar-refractivity contribution in [3.05, 3.63) is 60.6 Å². The largest absolute Gasteiger partial charge is 0.443 e. The Kier molecular flexibility index (Phi) is 3.80. The molecule has 3 aromatic heterocycles. The molecule has 0 fully saturated rings. The molecule has 0 N–H and O–H groups in total. The molecule has 1 aromatic carbocycles. The second kappa shape index (κ2) is 6.12. The average Bonchev–Trinajstić information content (AvgIpc) is 3.22. The molecule has 0 aliphatic rings. The van der Waals surface area contributed by atoms with Crippen LogP contribution in [0.15, 0.2) is 53.4 Å². The van der Waals surface area contributed by atoms with Gasteiger partial charge in [-0.05, 0) is 42.3 Å². The standard InChI is InChI=1S/C19H17FN4O/c1-12(2)9-17-23-22-16-8-5-14(10-24(16)17)19-18(21-11-25-19)13-3-6-15(20)7-4-13/h3-8,10-12H,9H2,1-2H3. The van der Waals surface area contributed by atoms with E-state index in [0.717, 1.165) is 29.0 Å². The second-order valence-corrected chi connectivity index (χ2v) is 6.40. The van der Waals surface area contributed by atoms with E-state index < -0.39 is 0 Å². The van der Waals surface area contributed by atoms with Crippen LogP contribution in [0.25, 0.3) is 28.2 Å². The zero-order chi connectivity index (χ0) is 17.4. The van der Waals surface area contributed by atoms with Crippen LogP contribution in [0.1, 0.15) is 19.7 Å². The number of oxazole rings is 1. The van der Waals surface area contributed by atoms with Crippen LogP contribution in [0, 0.1) is 11.7 Å². The highest BCUT2D eigenvalue weighted by Gasteiger charge is 2.15. The molecule has 0 saturated heterocycles. The molecule has 0 bridgehead atoms. The van der Waals surface area contributed by atoms with E-state index in [2.05, 4.69) is 29.0 Å². The fourth-order valence-electron chi connectivity index (χ4n) is 2.84. The molecule has 6 heteroatoms. The van der Waals surface area contributed by atoms with Crippen molar-refractivity contribution < 1.29 is 8.81 Å². The lowest BCUT2D eigenvalue weighted by molar-refractivity contribution is 0.571. The zero-order valence-electron chi connectivity index (χ0n) is 14.0. The number of benzene rings is 1. The van der Waals surface area contributed by atoms with Crippen LogP contribution >= 0.6 is 0 Å². The van der Waals surface area contributed by atoms with E-state index in [1.54, 1.807) is 12.1 Å². The summed E-state index contributed by atoms with van der Waals surface area (Å²) >= 11 is 0. The minimum atomic E-state index is -0.280. The van der Waals surface area contributed by atoms with Crippen LogP contribution < -0.4 is 0 Å². The SMILES string of the molecule is CC(C)Cc1nnc2ccc(-c3ocnc3-c3ccc(F)cc3)cn12. The molecule has 0 aliphatic carbocycles. The van der Waals surface area contributed by atoms with Gasteiger partial charge in [0.1, 0.15) is 17.3 Å². The normalized spacial score (nSPS) is 11.5. The Balaban J connectivity index is 1.80. The Hall–Kier alpha value is -3.02. The minimum Gasteiger partial charge on any atom is -0.443 e. The maximum absolute atomic E-state index is 13.2. The summed E-state index contributed by atoms with van der Waals surface area (Å²) < 4.78 is 20.8. The van der Waals surface area contributed by atoms with E-state index in [-0.39, 0.29) is 5.82 Å². The summed E-state index contributed by atoms with van der Waals surface area (Å²) in [7, 11) is 0. The number of fused-ring (bicyclic) bond motifs is 1. The molecule has 126 valence electrons. The van der Waals surface area contributed by atoms with Gasteiger partial charge < -0.3 is 4.42 Å². The molecule has 0 spiro atoms. The Morgan fingerprint density at radius 3 is 2.56 bits per heavy atom. The van der Waals surface area contributed by atoms with Gasteiger partial charge >= 0.3 is 0 Å². The maximum Gasteiger partial charge on any atom is 0.182 e. The zero-order valence-corrected chi connectivity index (χ0v) is 14.0. The monoisotopic (exact) mass is 336 g/mol. The molecule has 0 radical (unpaired) electrons. The fourth-order valence-corrected chi connectivity index (χ4v) is 2.84. The van der Waals surface area contributed by atoms with Crippen LogP contribution in [0.2, 0.25) is 0 Å². The lowest BCUT2D eigenvalue weighted by Gasteiger charge is -2.05. The van der Waals surface area contributed by atoms with Crippen molar-refractivity contribution >= 4 is 5.65 Å². The van der Waals surface area contributed by atoms with Crippen molar-refractivity contribution in [3.63, 3.8) is 0 Å². The van der Waals surface area contributed by atoms with Crippen molar-refractivity contribution in [2.24, 2.45) is 5.92 Å². The van der Waals surface area contributed by atoms with E-state index in [0.29, 0.717) is 17.4 Å². The molecule has 4 rings (SSSR count). The quantitative estimate of drug-likeness (QED) is 0.555. The van der Waals surface area contributed by atoms with Gasteiger partial charge in [0.25, 0.3) is 0 Å². The Labute approximate surface area is 144 Å². The van der Waals surface area contributed by atoms with E-state index >= 15 is 0 Å². The summed E-state index contributed by atoms with van der Waals surface area (Å²) in [5.41, 5.74) is 3.14. The Morgan fingerprint density at radius 2 is 1.80 bits per heavy atom. The van der Waals surface area contributed by atoms with Crippen molar-refractivity contribution in [1.29, 1.82) is 0 Å². The number of hydrogen-bond donors (Lipinski definition) is 0. The van der Waals surface area contributed by atoms with Crippen LogP contribution in [0.5, 0.6) is 0 Å². The highest BCUT2D eigenvalue weighted by molar-refractivity contribution is 5.76. The number of pyridine rings is 1. The van der Waals surface area contributed by atoms with Gasteiger partial charge in [0.15, 0.2) is 17.8 Å². The summed E-state index contributed by atoms with van der Waals surface area (Å²) in [5.74, 6) is 1.75. The molecule has 25 heavy (non-hydrogen) atoms. The van der Waals surface area contributed by atoms with Crippen molar-refractivity contribution in [2.75, 3.05) is 0 Å². The van der Waals surface area contributed by atoms with Gasteiger partial charge in [-0.3, -0.25) is 4.40 Å². The summed E-state index contributed by atoms with van der Waals surface area (Å²) in [6.07, 6.45) is 4.20. The minimum absolute atomic E-state index is 0.280. The molecule has 0 amide bonds. The molecule has 3 heterocycles. The highest BCUT2D eigenvalue weighted by atomic mass is 19.1. The number of hydrogen-bond acceptors (Lipinski definition) is 4. The van der Waals surface area contributed by atoms with Crippen LogP contribution in [-0.4, -0.2) is 19.6 Å². The number of halogens is 1. The van der Waals surface area contributed by atoms with Gasteiger partial charge in [-0.1, -0.05) is 13.8 Å². The van der Waals surface area contributed by atoms with Crippen LogP contribution in [-0.2, 0) is 6.42 Å². The lowest BCUT2D eigenvalue weighted by atomic mass is 10.1. The predicted octanol–water partition coefficient (Wildman–Crippen LogP) is 4.39. The van der Waals surface area contributed by atoms with E-state index in [4.69, 9.17) is 4.42 Å². The van der Waals surface area contributed by atoms with Gasteiger partial charge in [-0.2, -0.15) is 0 Å². The third-order valence-corrected chi connectivity index (χ3v) is 4.01.